The molecule has 4 nitrogen and oxygen atoms in total. The maximum atomic E-state index is 13.1. The lowest BCUT2D eigenvalue weighted by Gasteiger charge is -2.31. The first-order chi connectivity index (χ1) is 10.8. The number of fused-ring (bicyclic) bond motifs is 1. The molecule has 0 saturated heterocycles. The minimum Gasteiger partial charge on any atom is -0.348 e. The van der Waals surface area contributed by atoms with Crippen LogP contribution in [-0.4, -0.2) is 14.8 Å². The Balaban J connectivity index is 1.72. The Morgan fingerprint density at radius 3 is 2.55 bits per heavy atom. The van der Waals surface area contributed by atoms with E-state index in [2.05, 4.69) is 27.5 Å². The summed E-state index contributed by atoms with van der Waals surface area (Å²) in [4.78, 5) is 4.29. The highest BCUT2D eigenvalue weighted by molar-refractivity contribution is 5.38. The van der Waals surface area contributed by atoms with Crippen molar-refractivity contribution in [2.75, 3.05) is 5.32 Å². The van der Waals surface area contributed by atoms with Gasteiger partial charge in [-0.05, 0) is 29.7 Å². The van der Waals surface area contributed by atoms with E-state index in [1.54, 1.807) is 6.33 Å². The summed E-state index contributed by atoms with van der Waals surface area (Å²) in [7, 11) is 0. The fourth-order valence-corrected chi connectivity index (χ4v) is 2.99. The molecule has 0 bridgehead atoms. The smallest absolute Gasteiger partial charge is 0.222 e. The Hall–Kier alpha value is -2.69. The molecule has 0 aliphatic carbocycles. The van der Waals surface area contributed by atoms with Crippen molar-refractivity contribution in [3.8, 4) is 0 Å². The van der Waals surface area contributed by atoms with Crippen LogP contribution in [0, 0.1) is 5.82 Å². The van der Waals surface area contributed by atoms with Crippen LogP contribution in [0.15, 0.2) is 60.9 Å². The van der Waals surface area contributed by atoms with Crippen molar-refractivity contribution in [2.45, 2.75) is 18.5 Å². The molecule has 0 saturated carbocycles. The van der Waals surface area contributed by atoms with Crippen LogP contribution in [0.5, 0.6) is 0 Å². The van der Waals surface area contributed by atoms with Gasteiger partial charge in [0, 0.05) is 0 Å². The Morgan fingerprint density at radius 1 is 1.00 bits per heavy atom. The van der Waals surface area contributed by atoms with Crippen molar-refractivity contribution in [1.82, 2.24) is 14.8 Å². The molecule has 1 aliphatic heterocycles. The van der Waals surface area contributed by atoms with Crippen LogP contribution in [0.1, 0.15) is 29.6 Å². The first-order valence-corrected chi connectivity index (χ1v) is 7.28. The third-order valence-corrected chi connectivity index (χ3v) is 4.09. The molecule has 22 heavy (non-hydrogen) atoms. The van der Waals surface area contributed by atoms with Crippen molar-refractivity contribution in [3.05, 3.63) is 77.9 Å². The van der Waals surface area contributed by atoms with Crippen molar-refractivity contribution in [2.24, 2.45) is 0 Å². The van der Waals surface area contributed by atoms with Gasteiger partial charge in [-0.2, -0.15) is 10.1 Å². The van der Waals surface area contributed by atoms with Crippen LogP contribution < -0.4 is 5.32 Å². The zero-order valence-electron chi connectivity index (χ0n) is 11.9. The average Bonchev–Trinajstić information content (AvgIpc) is 3.04. The molecule has 0 spiro atoms. The number of anilines is 1. The summed E-state index contributed by atoms with van der Waals surface area (Å²) in [6.07, 6.45) is 2.40. The lowest BCUT2D eigenvalue weighted by molar-refractivity contribution is 0.430. The number of aromatic nitrogens is 3. The second-order valence-corrected chi connectivity index (χ2v) is 5.44. The molecule has 0 fully saturated rings. The van der Waals surface area contributed by atoms with Gasteiger partial charge in [0.15, 0.2) is 0 Å². The van der Waals surface area contributed by atoms with Crippen LogP contribution in [0.2, 0.25) is 0 Å². The number of halogens is 1. The minimum atomic E-state index is -0.220. The zero-order valence-corrected chi connectivity index (χ0v) is 11.9. The molecular weight excluding hydrogens is 279 g/mol. The van der Waals surface area contributed by atoms with E-state index in [0.29, 0.717) is 0 Å². The highest BCUT2D eigenvalue weighted by Crippen LogP contribution is 2.37. The van der Waals surface area contributed by atoms with Gasteiger partial charge in [-0.3, -0.25) is 0 Å². The summed E-state index contributed by atoms with van der Waals surface area (Å²) in [5, 5.41) is 7.72. The van der Waals surface area contributed by atoms with Crippen LogP contribution in [-0.2, 0) is 0 Å². The summed E-state index contributed by atoms with van der Waals surface area (Å²) >= 11 is 0. The number of hydrogen-bond donors (Lipinski definition) is 1. The van der Waals surface area contributed by atoms with E-state index in [0.717, 1.165) is 17.9 Å². The van der Waals surface area contributed by atoms with E-state index < -0.39 is 0 Å². The average molecular weight is 294 g/mol. The molecule has 4 rings (SSSR count). The first kappa shape index (κ1) is 13.0. The summed E-state index contributed by atoms with van der Waals surface area (Å²) in [6, 6.07) is 17.1. The number of nitrogens with zero attached hydrogens (tertiary/aromatic N) is 3. The predicted octanol–water partition coefficient (Wildman–Crippen LogP) is 3.56. The topological polar surface area (TPSA) is 42.7 Å². The number of rotatable bonds is 2. The molecule has 3 aromatic rings. The van der Waals surface area contributed by atoms with Crippen molar-refractivity contribution >= 4 is 5.95 Å². The molecule has 0 amide bonds. The van der Waals surface area contributed by atoms with Crippen LogP contribution in [0.4, 0.5) is 10.3 Å². The Morgan fingerprint density at radius 2 is 1.77 bits per heavy atom. The third-order valence-electron chi connectivity index (χ3n) is 4.09. The lowest BCUT2D eigenvalue weighted by atomic mass is 9.93. The van der Waals surface area contributed by atoms with Gasteiger partial charge in [0.2, 0.25) is 5.95 Å². The molecule has 2 atom stereocenters. The lowest BCUT2D eigenvalue weighted by Crippen LogP contribution is -2.28. The summed E-state index contributed by atoms with van der Waals surface area (Å²) in [5.41, 5.74) is 2.25. The van der Waals surface area contributed by atoms with Crippen molar-refractivity contribution < 1.29 is 4.39 Å². The van der Waals surface area contributed by atoms with Gasteiger partial charge < -0.3 is 5.32 Å². The Kier molecular flexibility index (Phi) is 3.11. The second kappa shape index (κ2) is 5.26. The van der Waals surface area contributed by atoms with E-state index >= 15 is 0 Å². The standard InChI is InChI=1S/C17H15FN4/c18-14-8-6-12(7-9-14)15-10-16(13-4-2-1-3-5-13)22-17(21-15)19-11-20-22/h1-9,11,15-16H,10H2,(H,19,20,21)/t15-,16-/m1/s1. The molecular formula is C17H15FN4. The van der Waals surface area contributed by atoms with Gasteiger partial charge in [0.25, 0.3) is 0 Å². The molecule has 1 aromatic heterocycles. The molecule has 1 N–H and O–H groups in total. The summed E-state index contributed by atoms with van der Waals surface area (Å²) < 4.78 is 15.1. The zero-order chi connectivity index (χ0) is 14.9. The molecule has 0 radical (unpaired) electrons. The van der Waals surface area contributed by atoms with E-state index in [-0.39, 0.29) is 17.9 Å². The highest BCUT2D eigenvalue weighted by atomic mass is 19.1. The van der Waals surface area contributed by atoms with Crippen LogP contribution in [0.25, 0.3) is 0 Å². The molecule has 5 heteroatoms. The fourth-order valence-electron chi connectivity index (χ4n) is 2.99. The molecule has 110 valence electrons. The first-order valence-electron chi connectivity index (χ1n) is 7.28. The maximum Gasteiger partial charge on any atom is 0.222 e. The molecule has 1 aliphatic rings. The van der Waals surface area contributed by atoms with Crippen molar-refractivity contribution in [1.29, 1.82) is 0 Å². The predicted molar refractivity (Wildman–Crippen MR) is 82.0 cm³/mol. The number of benzene rings is 2. The second-order valence-electron chi connectivity index (χ2n) is 5.44. The Labute approximate surface area is 127 Å². The Bertz CT molecular complexity index is 767. The van der Waals surface area contributed by atoms with Gasteiger partial charge in [-0.15, -0.1) is 0 Å². The molecule has 0 unspecified atom stereocenters. The van der Waals surface area contributed by atoms with E-state index in [4.69, 9.17) is 0 Å². The van der Waals surface area contributed by atoms with Gasteiger partial charge >= 0.3 is 0 Å². The van der Waals surface area contributed by atoms with Gasteiger partial charge in [0.05, 0.1) is 12.1 Å². The monoisotopic (exact) mass is 294 g/mol. The third kappa shape index (κ3) is 2.24. The van der Waals surface area contributed by atoms with Gasteiger partial charge in [-0.1, -0.05) is 42.5 Å². The van der Waals surface area contributed by atoms with Gasteiger partial charge in [-0.25, -0.2) is 9.07 Å². The highest BCUT2D eigenvalue weighted by Gasteiger charge is 2.29. The fraction of sp³-hybridized carbons (Fsp3) is 0.176. The molecule has 2 heterocycles. The number of hydrogen-bond acceptors (Lipinski definition) is 3. The maximum absolute atomic E-state index is 13.1. The normalized spacial score (nSPS) is 20.2. The quantitative estimate of drug-likeness (QED) is 0.786. The largest absolute Gasteiger partial charge is 0.348 e. The summed E-state index contributed by atoms with van der Waals surface area (Å²) in [6.45, 7) is 0. The van der Waals surface area contributed by atoms with E-state index in [1.807, 2.05) is 35.0 Å². The van der Waals surface area contributed by atoms with Crippen LogP contribution >= 0.6 is 0 Å². The summed E-state index contributed by atoms with van der Waals surface area (Å²) in [5.74, 6) is 0.525. The SMILES string of the molecule is Fc1ccc([C@H]2C[C@H](c3ccccc3)n3ncnc3N2)cc1. The van der Waals surface area contributed by atoms with Crippen molar-refractivity contribution in [3.63, 3.8) is 0 Å². The van der Waals surface area contributed by atoms with E-state index in [9.17, 15) is 4.39 Å². The molecule has 2 aromatic carbocycles. The number of nitrogens with one attached hydrogen (secondary N) is 1. The van der Waals surface area contributed by atoms with Gasteiger partial charge in [0.1, 0.15) is 12.1 Å². The minimum absolute atomic E-state index is 0.0857. The van der Waals surface area contributed by atoms with E-state index in [1.165, 1.54) is 17.7 Å². The van der Waals surface area contributed by atoms with Crippen LogP contribution in [0.3, 0.4) is 0 Å².